The molecule has 2 aromatic carbocycles. The van der Waals surface area contributed by atoms with Gasteiger partial charge in [-0.05, 0) is 24.1 Å². The number of hydrazine groups is 1. The standard InChI is InChI=1S/C17H18N2O2/c1-2-7-13-8-4-6-11-16(13)21-12-14-9-3-5-10-15(14)17(20)19-18/h2-6,8-11H,1,7,12,18H2,(H,19,20). The monoisotopic (exact) mass is 282 g/mol. The fraction of sp³-hybridized carbons (Fsp3) is 0.118. The maximum absolute atomic E-state index is 11.7. The van der Waals surface area contributed by atoms with Gasteiger partial charge in [0.1, 0.15) is 12.4 Å². The third-order valence-electron chi connectivity index (χ3n) is 3.11. The van der Waals surface area contributed by atoms with Crippen LogP contribution in [-0.2, 0) is 13.0 Å². The van der Waals surface area contributed by atoms with E-state index in [9.17, 15) is 4.79 Å². The number of nitrogen functional groups attached to an aromatic ring is 1. The Hall–Kier alpha value is -2.59. The van der Waals surface area contributed by atoms with E-state index in [4.69, 9.17) is 10.6 Å². The van der Waals surface area contributed by atoms with E-state index in [0.717, 1.165) is 23.3 Å². The van der Waals surface area contributed by atoms with Crippen molar-refractivity contribution in [3.63, 3.8) is 0 Å². The summed E-state index contributed by atoms with van der Waals surface area (Å²) in [5, 5.41) is 0. The zero-order valence-electron chi connectivity index (χ0n) is 11.7. The van der Waals surface area contributed by atoms with Gasteiger partial charge in [0.05, 0.1) is 0 Å². The van der Waals surface area contributed by atoms with Crippen LogP contribution >= 0.6 is 0 Å². The van der Waals surface area contributed by atoms with Crippen LogP contribution in [0.25, 0.3) is 0 Å². The quantitative estimate of drug-likeness (QED) is 0.370. The molecule has 4 heteroatoms. The highest BCUT2D eigenvalue weighted by molar-refractivity contribution is 5.95. The van der Waals surface area contributed by atoms with Crippen LogP contribution in [0.3, 0.4) is 0 Å². The van der Waals surface area contributed by atoms with Gasteiger partial charge in [-0.3, -0.25) is 10.2 Å². The van der Waals surface area contributed by atoms with Crippen LogP contribution in [0.15, 0.2) is 61.2 Å². The van der Waals surface area contributed by atoms with Gasteiger partial charge < -0.3 is 4.74 Å². The molecule has 3 N–H and O–H groups in total. The molecule has 0 aliphatic rings. The highest BCUT2D eigenvalue weighted by Crippen LogP contribution is 2.21. The molecule has 0 heterocycles. The van der Waals surface area contributed by atoms with Crippen LogP contribution in [0.1, 0.15) is 21.5 Å². The molecule has 0 aliphatic carbocycles. The number of nitrogens with two attached hydrogens (primary N) is 1. The van der Waals surface area contributed by atoms with Crippen LogP contribution in [0.4, 0.5) is 0 Å². The minimum absolute atomic E-state index is 0.303. The molecule has 1 amide bonds. The second-order valence-corrected chi connectivity index (χ2v) is 4.52. The Bertz CT molecular complexity index is 638. The van der Waals surface area contributed by atoms with Crippen molar-refractivity contribution >= 4 is 5.91 Å². The van der Waals surface area contributed by atoms with E-state index in [1.807, 2.05) is 42.5 Å². The molecule has 0 fully saturated rings. The minimum Gasteiger partial charge on any atom is -0.489 e. The van der Waals surface area contributed by atoms with Crippen LogP contribution in [0.5, 0.6) is 5.75 Å². The Kier molecular flexibility index (Phi) is 5.12. The van der Waals surface area contributed by atoms with Crippen molar-refractivity contribution in [3.05, 3.63) is 77.9 Å². The summed E-state index contributed by atoms with van der Waals surface area (Å²) >= 11 is 0. The number of rotatable bonds is 6. The van der Waals surface area contributed by atoms with Crippen molar-refractivity contribution in [3.8, 4) is 5.75 Å². The predicted molar refractivity (Wildman–Crippen MR) is 82.8 cm³/mol. The molecule has 2 rings (SSSR count). The van der Waals surface area contributed by atoms with Gasteiger partial charge in [-0.1, -0.05) is 42.5 Å². The van der Waals surface area contributed by atoms with Gasteiger partial charge in [-0.15, -0.1) is 6.58 Å². The molecule has 4 nitrogen and oxygen atoms in total. The highest BCUT2D eigenvalue weighted by Gasteiger charge is 2.10. The third-order valence-corrected chi connectivity index (χ3v) is 3.11. The number of nitrogens with one attached hydrogen (secondary N) is 1. The third kappa shape index (κ3) is 3.70. The summed E-state index contributed by atoms with van der Waals surface area (Å²) in [6.07, 6.45) is 2.57. The summed E-state index contributed by atoms with van der Waals surface area (Å²) in [7, 11) is 0. The molecule has 0 aliphatic heterocycles. The number of carbonyl (C=O) groups is 1. The van der Waals surface area contributed by atoms with E-state index < -0.39 is 0 Å². The van der Waals surface area contributed by atoms with Crippen LogP contribution in [-0.4, -0.2) is 5.91 Å². The van der Waals surface area contributed by atoms with E-state index in [1.165, 1.54) is 0 Å². The lowest BCUT2D eigenvalue weighted by Crippen LogP contribution is -2.30. The largest absolute Gasteiger partial charge is 0.489 e. The number of allylic oxidation sites excluding steroid dienone is 1. The number of amides is 1. The summed E-state index contributed by atoms with van der Waals surface area (Å²) in [5.74, 6) is 5.66. The average molecular weight is 282 g/mol. The maximum atomic E-state index is 11.7. The van der Waals surface area contributed by atoms with Crippen molar-refractivity contribution in [1.29, 1.82) is 0 Å². The minimum atomic E-state index is -0.325. The Morgan fingerprint density at radius 2 is 1.81 bits per heavy atom. The summed E-state index contributed by atoms with van der Waals surface area (Å²) in [6.45, 7) is 4.04. The van der Waals surface area contributed by atoms with Gasteiger partial charge in [0.25, 0.3) is 5.91 Å². The Labute approximate surface area is 124 Å². The molecule has 0 spiro atoms. The molecule has 0 bridgehead atoms. The Morgan fingerprint density at radius 3 is 2.52 bits per heavy atom. The first-order chi connectivity index (χ1) is 10.3. The first-order valence-electron chi connectivity index (χ1n) is 6.66. The van der Waals surface area contributed by atoms with Gasteiger partial charge >= 0.3 is 0 Å². The van der Waals surface area contributed by atoms with Crippen molar-refractivity contribution in [2.24, 2.45) is 5.84 Å². The van der Waals surface area contributed by atoms with Crippen molar-refractivity contribution in [1.82, 2.24) is 5.43 Å². The smallest absolute Gasteiger partial charge is 0.265 e. The van der Waals surface area contributed by atoms with Crippen molar-refractivity contribution in [2.45, 2.75) is 13.0 Å². The average Bonchev–Trinajstić information content (AvgIpc) is 2.54. The molecule has 0 unspecified atom stereocenters. The van der Waals surface area contributed by atoms with Gasteiger partial charge in [0, 0.05) is 11.1 Å². The summed E-state index contributed by atoms with van der Waals surface area (Å²) in [4.78, 5) is 11.7. The van der Waals surface area contributed by atoms with Gasteiger partial charge in [-0.2, -0.15) is 0 Å². The second-order valence-electron chi connectivity index (χ2n) is 4.52. The van der Waals surface area contributed by atoms with E-state index in [-0.39, 0.29) is 5.91 Å². The lowest BCUT2D eigenvalue weighted by molar-refractivity contribution is 0.0951. The van der Waals surface area contributed by atoms with Crippen LogP contribution in [0, 0.1) is 0 Å². The Balaban J connectivity index is 2.17. The predicted octanol–water partition coefficient (Wildman–Crippen LogP) is 2.60. The van der Waals surface area contributed by atoms with Crippen molar-refractivity contribution in [2.75, 3.05) is 0 Å². The number of hydrogen-bond donors (Lipinski definition) is 2. The zero-order valence-corrected chi connectivity index (χ0v) is 11.7. The summed E-state index contributed by atoms with van der Waals surface area (Å²) in [6, 6.07) is 15.0. The summed E-state index contributed by atoms with van der Waals surface area (Å²) in [5.41, 5.74) is 4.51. The lowest BCUT2D eigenvalue weighted by Gasteiger charge is -2.12. The highest BCUT2D eigenvalue weighted by atomic mass is 16.5. The number of ether oxygens (including phenoxy) is 1. The number of hydrogen-bond acceptors (Lipinski definition) is 3. The molecule has 0 aromatic heterocycles. The van der Waals surface area contributed by atoms with Crippen molar-refractivity contribution < 1.29 is 9.53 Å². The second kappa shape index (κ2) is 7.26. The maximum Gasteiger partial charge on any atom is 0.265 e. The summed E-state index contributed by atoms with van der Waals surface area (Å²) < 4.78 is 5.84. The molecule has 0 radical (unpaired) electrons. The van der Waals surface area contributed by atoms with Gasteiger partial charge in [0.2, 0.25) is 0 Å². The number of carbonyl (C=O) groups excluding carboxylic acids is 1. The normalized spacial score (nSPS) is 9.95. The first-order valence-corrected chi connectivity index (χ1v) is 6.66. The van der Waals surface area contributed by atoms with E-state index in [0.29, 0.717) is 12.2 Å². The molecule has 0 saturated carbocycles. The fourth-order valence-electron chi connectivity index (χ4n) is 2.07. The van der Waals surface area contributed by atoms with E-state index in [1.54, 1.807) is 12.1 Å². The molecular formula is C17H18N2O2. The molecule has 108 valence electrons. The topological polar surface area (TPSA) is 64.3 Å². The van der Waals surface area contributed by atoms with Gasteiger partial charge in [0.15, 0.2) is 0 Å². The molecular weight excluding hydrogens is 264 g/mol. The molecule has 0 saturated heterocycles. The van der Waals surface area contributed by atoms with E-state index in [2.05, 4.69) is 12.0 Å². The molecule has 0 atom stereocenters. The van der Waals surface area contributed by atoms with Crippen LogP contribution < -0.4 is 16.0 Å². The SMILES string of the molecule is C=CCc1ccccc1OCc1ccccc1C(=O)NN. The lowest BCUT2D eigenvalue weighted by atomic mass is 10.1. The van der Waals surface area contributed by atoms with Gasteiger partial charge in [-0.25, -0.2) is 5.84 Å². The fourth-order valence-corrected chi connectivity index (χ4v) is 2.07. The number of para-hydroxylation sites is 1. The Morgan fingerprint density at radius 1 is 1.14 bits per heavy atom. The number of benzene rings is 2. The molecule has 21 heavy (non-hydrogen) atoms. The zero-order chi connectivity index (χ0) is 15.1. The van der Waals surface area contributed by atoms with Crippen LogP contribution in [0.2, 0.25) is 0 Å². The first kappa shape index (κ1) is 14.8. The molecule has 2 aromatic rings. The van der Waals surface area contributed by atoms with E-state index >= 15 is 0 Å².